The minimum Gasteiger partial charge on any atom is -0.326 e. The Morgan fingerprint density at radius 3 is 2.72 bits per heavy atom. The highest BCUT2D eigenvalue weighted by atomic mass is 32.1. The topological polar surface area (TPSA) is 43.8 Å². The number of aromatic nitrogens is 2. The standard InChI is InChI=1S/C14H21N3S/c1-5-13(15)14-7-16-8-17(14)10(3)12-6-9(2)18-11(12)4/h6-8,10,13H,5,15H2,1-4H3/t10?,13-/m1/s1. The molecule has 4 heteroatoms. The molecule has 98 valence electrons. The molecule has 0 aliphatic heterocycles. The van der Waals surface area contributed by atoms with Crippen molar-refractivity contribution in [3.05, 3.63) is 39.6 Å². The fourth-order valence-electron chi connectivity index (χ4n) is 2.35. The number of nitrogens with two attached hydrogens (primary N) is 1. The Morgan fingerprint density at radius 2 is 2.17 bits per heavy atom. The Kier molecular flexibility index (Phi) is 3.88. The highest BCUT2D eigenvalue weighted by molar-refractivity contribution is 7.12. The van der Waals surface area contributed by atoms with Crippen molar-refractivity contribution >= 4 is 11.3 Å². The van der Waals surface area contributed by atoms with E-state index in [1.807, 2.05) is 23.9 Å². The monoisotopic (exact) mass is 263 g/mol. The summed E-state index contributed by atoms with van der Waals surface area (Å²) in [6.07, 6.45) is 4.71. The molecule has 0 spiro atoms. The summed E-state index contributed by atoms with van der Waals surface area (Å²) in [5.41, 5.74) is 8.63. The summed E-state index contributed by atoms with van der Waals surface area (Å²) in [4.78, 5) is 7.00. The molecule has 0 aliphatic carbocycles. The molecule has 0 fully saturated rings. The molecule has 0 saturated heterocycles. The molecule has 2 heterocycles. The second-order valence-electron chi connectivity index (χ2n) is 4.79. The van der Waals surface area contributed by atoms with Gasteiger partial charge in [-0.15, -0.1) is 11.3 Å². The highest BCUT2D eigenvalue weighted by Gasteiger charge is 2.18. The zero-order valence-corrected chi connectivity index (χ0v) is 12.3. The number of hydrogen-bond acceptors (Lipinski definition) is 3. The lowest BCUT2D eigenvalue weighted by Gasteiger charge is -2.19. The van der Waals surface area contributed by atoms with Crippen molar-refractivity contribution in [3.8, 4) is 0 Å². The molecule has 2 aromatic rings. The van der Waals surface area contributed by atoms with E-state index in [-0.39, 0.29) is 6.04 Å². The fraction of sp³-hybridized carbons (Fsp3) is 0.500. The molecule has 18 heavy (non-hydrogen) atoms. The van der Waals surface area contributed by atoms with Crippen LogP contribution in [-0.4, -0.2) is 9.55 Å². The third-order valence-corrected chi connectivity index (χ3v) is 4.44. The van der Waals surface area contributed by atoms with E-state index in [1.165, 1.54) is 15.3 Å². The summed E-state index contributed by atoms with van der Waals surface area (Å²) < 4.78 is 2.20. The van der Waals surface area contributed by atoms with E-state index in [0.29, 0.717) is 6.04 Å². The summed E-state index contributed by atoms with van der Waals surface area (Å²) in [5, 5.41) is 0. The van der Waals surface area contributed by atoms with E-state index in [2.05, 4.69) is 43.3 Å². The summed E-state index contributed by atoms with van der Waals surface area (Å²) in [7, 11) is 0. The smallest absolute Gasteiger partial charge is 0.0954 e. The van der Waals surface area contributed by atoms with Gasteiger partial charge in [0.25, 0.3) is 0 Å². The van der Waals surface area contributed by atoms with Crippen molar-refractivity contribution in [2.45, 2.75) is 46.2 Å². The number of thiophene rings is 1. The molecule has 0 amide bonds. The van der Waals surface area contributed by atoms with Gasteiger partial charge in [0.05, 0.1) is 18.1 Å². The van der Waals surface area contributed by atoms with Crippen LogP contribution in [0.15, 0.2) is 18.6 Å². The molecule has 0 bridgehead atoms. The van der Waals surface area contributed by atoms with Gasteiger partial charge in [-0.05, 0) is 38.8 Å². The van der Waals surface area contributed by atoms with Gasteiger partial charge in [0.2, 0.25) is 0 Å². The van der Waals surface area contributed by atoms with Gasteiger partial charge in [-0.1, -0.05) is 6.92 Å². The Balaban J connectivity index is 2.37. The first-order valence-electron chi connectivity index (χ1n) is 6.38. The van der Waals surface area contributed by atoms with Crippen LogP contribution in [-0.2, 0) is 0 Å². The molecule has 0 radical (unpaired) electrons. The molecular formula is C14H21N3S. The maximum Gasteiger partial charge on any atom is 0.0954 e. The highest BCUT2D eigenvalue weighted by Crippen LogP contribution is 2.30. The second-order valence-corrected chi connectivity index (χ2v) is 6.25. The molecule has 3 nitrogen and oxygen atoms in total. The largest absolute Gasteiger partial charge is 0.326 e. The van der Waals surface area contributed by atoms with Gasteiger partial charge in [0, 0.05) is 22.0 Å². The zero-order chi connectivity index (χ0) is 13.3. The first-order valence-corrected chi connectivity index (χ1v) is 7.20. The lowest BCUT2D eigenvalue weighted by Crippen LogP contribution is -2.17. The Morgan fingerprint density at radius 1 is 1.44 bits per heavy atom. The van der Waals surface area contributed by atoms with Crippen LogP contribution in [0.4, 0.5) is 0 Å². The van der Waals surface area contributed by atoms with Crippen LogP contribution >= 0.6 is 11.3 Å². The van der Waals surface area contributed by atoms with Crippen molar-refractivity contribution in [3.63, 3.8) is 0 Å². The number of hydrogen-bond donors (Lipinski definition) is 1. The van der Waals surface area contributed by atoms with Gasteiger partial charge in [-0.3, -0.25) is 0 Å². The maximum absolute atomic E-state index is 6.14. The zero-order valence-electron chi connectivity index (χ0n) is 11.5. The molecule has 0 aliphatic rings. The van der Waals surface area contributed by atoms with E-state index < -0.39 is 0 Å². The molecule has 0 aromatic carbocycles. The summed E-state index contributed by atoms with van der Waals surface area (Å²) >= 11 is 1.85. The van der Waals surface area contributed by atoms with Crippen molar-refractivity contribution < 1.29 is 0 Å². The minimum atomic E-state index is 0.0648. The van der Waals surface area contributed by atoms with Crippen molar-refractivity contribution in [1.29, 1.82) is 0 Å². The summed E-state index contributed by atoms with van der Waals surface area (Å²) in [5.74, 6) is 0. The average Bonchev–Trinajstić information content (AvgIpc) is 2.94. The Labute approximate surface area is 113 Å². The van der Waals surface area contributed by atoms with Crippen LogP contribution in [0.2, 0.25) is 0 Å². The van der Waals surface area contributed by atoms with Gasteiger partial charge < -0.3 is 10.3 Å². The van der Waals surface area contributed by atoms with Crippen molar-refractivity contribution in [2.24, 2.45) is 5.73 Å². The number of aryl methyl sites for hydroxylation is 2. The fourth-order valence-corrected chi connectivity index (χ4v) is 3.37. The van der Waals surface area contributed by atoms with Gasteiger partial charge in [0.1, 0.15) is 0 Å². The molecular weight excluding hydrogens is 242 g/mol. The van der Waals surface area contributed by atoms with Crippen LogP contribution < -0.4 is 5.73 Å². The third kappa shape index (κ3) is 2.35. The Hall–Kier alpha value is -1.13. The SMILES string of the molecule is CC[C@@H](N)c1cncn1C(C)c1cc(C)sc1C. The number of nitrogens with zero attached hydrogens (tertiary/aromatic N) is 2. The molecule has 0 saturated carbocycles. The van der Waals surface area contributed by atoms with Crippen LogP contribution in [0.1, 0.15) is 53.4 Å². The molecule has 2 rings (SSSR count). The van der Waals surface area contributed by atoms with Gasteiger partial charge in [-0.2, -0.15) is 0 Å². The second kappa shape index (κ2) is 5.24. The first-order chi connectivity index (χ1) is 8.54. The molecule has 2 N–H and O–H groups in total. The van der Waals surface area contributed by atoms with Crippen LogP contribution in [0.25, 0.3) is 0 Å². The number of rotatable bonds is 4. The first kappa shape index (κ1) is 13.3. The summed E-state index contributed by atoms with van der Waals surface area (Å²) in [6.45, 7) is 8.65. The predicted octanol–water partition coefficient (Wildman–Crippen LogP) is 3.58. The van der Waals surface area contributed by atoms with Crippen LogP contribution in [0.5, 0.6) is 0 Å². The van der Waals surface area contributed by atoms with Gasteiger partial charge in [0.15, 0.2) is 0 Å². The normalized spacial score (nSPS) is 14.7. The minimum absolute atomic E-state index is 0.0648. The molecule has 1 unspecified atom stereocenters. The Bertz CT molecular complexity index is 527. The quantitative estimate of drug-likeness (QED) is 0.916. The van der Waals surface area contributed by atoms with E-state index >= 15 is 0 Å². The lowest BCUT2D eigenvalue weighted by molar-refractivity contribution is 0.557. The molecule has 2 atom stereocenters. The summed E-state index contributed by atoms with van der Waals surface area (Å²) in [6, 6.07) is 2.63. The van der Waals surface area contributed by atoms with E-state index in [9.17, 15) is 0 Å². The lowest BCUT2D eigenvalue weighted by atomic mass is 10.1. The maximum atomic E-state index is 6.14. The van der Waals surface area contributed by atoms with Gasteiger partial charge >= 0.3 is 0 Å². The van der Waals surface area contributed by atoms with Crippen LogP contribution in [0, 0.1) is 13.8 Å². The number of imidazole rings is 1. The van der Waals surface area contributed by atoms with Crippen molar-refractivity contribution in [2.75, 3.05) is 0 Å². The van der Waals surface area contributed by atoms with Crippen LogP contribution in [0.3, 0.4) is 0 Å². The van der Waals surface area contributed by atoms with Gasteiger partial charge in [-0.25, -0.2) is 4.98 Å². The van der Waals surface area contributed by atoms with Crippen molar-refractivity contribution in [1.82, 2.24) is 9.55 Å². The predicted molar refractivity (Wildman–Crippen MR) is 77.1 cm³/mol. The average molecular weight is 263 g/mol. The van der Waals surface area contributed by atoms with E-state index in [4.69, 9.17) is 5.73 Å². The van der Waals surface area contributed by atoms with E-state index in [0.717, 1.165) is 12.1 Å². The molecule has 2 aromatic heterocycles. The third-order valence-electron chi connectivity index (χ3n) is 3.46. The van der Waals surface area contributed by atoms with E-state index in [1.54, 1.807) is 0 Å².